The van der Waals surface area contributed by atoms with E-state index in [1.54, 1.807) is 0 Å². The molecular weight excluding hydrogens is 223 g/mol. The van der Waals surface area contributed by atoms with Crippen LogP contribution >= 0.6 is 11.8 Å². The second-order valence-electron chi connectivity index (χ2n) is 2.63. The zero-order valence-corrected chi connectivity index (χ0v) is 7.48. The lowest BCUT2D eigenvalue weighted by atomic mass is 10.3. The van der Waals surface area contributed by atoms with Crippen molar-refractivity contribution in [1.29, 1.82) is 0 Å². The fourth-order valence-corrected chi connectivity index (χ4v) is 2.08. The first kappa shape index (κ1) is 11.3. The monoisotopic (exact) mass is 229 g/mol. The van der Waals surface area contributed by atoms with Crippen molar-refractivity contribution in [3.05, 3.63) is 0 Å². The van der Waals surface area contributed by atoms with E-state index in [-0.39, 0.29) is 5.75 Å². The lowest BCUT2D eigenvalue weighted by Gasteiger charge is -2.11. The number of ketones is 1. The molecule has 0 aromatic carbocycles. The summed E-state index contributed by atoms with van der Waals surface area (Å²) in [5, 5.41) is 9.05. The van der Waals surface area contributed by atoms with Gasteiger partial charge in [0.15, 0.2) is 0 Å². The van der Waals surface area contributed by atoms with Crippen LogP contribution in [0.1, 0.15) is 0 Å². The van der Waals surface area contributed by atoms with Crippen molar-refractivity contribution in [3.8, 4) is 0 Å². The predicted molar refractivity (Wildman–Crippen MR) is 41.9 cm³/mol. The van der Waals surface area contributed by atoms with Gasteiger partial charge in [-0.1, -0.05) is 0 Å². The van der Waals surface area contributed by atoms with Gasteiger partial charge in [-0.15, -0.1) is 11.8 Å². The molecule has 0 aromatic heterocycles. The molecule has 0 aliphatic carbocycles. The molecule has 1 heterocycles. The van der Waals surface area contributed by atoms with Gasteiger partial charge >= 0.3 is 12.1 Å². The Kier molecular flexibility index (Phi) is 3.05. The molecule has 0 aromatic rings. The minimum absolute atomic E-state index is 0.0399. The van der Waals surface area contributed by atoms with Gasteiger partial charge in [-0.05, 0) is 0 Å². The van der Waals surface area contributed by atoms with Gasteiger partial charge in [0, 0.05) is 5.75 Å². The van der Waals surface area contributed by atoms with Crippen LogP contribution < -0.4 is 5.32 Å². The van der Waals surface area contributed by atoms with Crippen molar-refractivity contribution in [2.75, 3.05) is 5.75 Å². The first-order chi connectivity index (χ1) is 6.32. The number of thioether (sulfide) groups is 1. The number of alkyl halides is 3. The summed E-state index contributed by atoms with van der Waals surface area (Å²) in [7, 11) is 0. The second-order valence-corrected chi connectivity index (χ2v) is 3.77. The molecule has 14 heavy (non-hydrogen) atoms. The summed E-state index contributed by atoms with van der Waals surface area (Å²) in [5.41, 5.74) is 0. The van der Waals surface area contributed by atoms with E-state index in [1.807, 2.05) is 0 Å². The van der Waals surface area contributed by atoms with E-state index in [9.17, 15) is 22.8 Å². The Labute approximate surface area is 80.8 Å². The number of carbonyl (C=O) groups is 2. The summed E-state index contributed by atoms with van der Waals surface area (Å²) in [6, 6.07) is -1.09. The van der Waals surface area contributed by atoms with Gasteiger partial charge in [-0.25, -0.2) is 0 Å². The van der Waals surface area contributed by atoms with Crippen molar-refractivity contribution in [2.45, 2.75) is 17.6 Å². The summed E-state index contributed by atoms with van der Waals surface area (Å²) in [4.78, 5) is 21.0. The van der Waals surface area contributed by atoms with Crippen LogP contribution in [0, 0.1) is 0 Å². The highest BCUT2D eigenvalue weighted by Gasteiger charge is 2.47. The summed E-state index contributed by atoms with van der Waals surface area (Å²) in [6.45, 7) is 0. The van der Waals surface area contributed by atoms with Gasteiger partial charge in [-0.2, -0.15) is 13.2 Å². The first-order valence-corrected chi connectivity index (χ1v) is 4.58. The lowest BCUT2D eigenvalue weighted by molar-refractivity contribution is -0.171. The Morgan fingerprint density at radius 1 is 1.43 bits per heavy atom. The Balaban J connectivity index is 2.59. The molecule has 4 nitrogen and oxygen atoms in total. The molecule has 1 rings (SSSR count). The summed E-state index contributed by atoms with van der Waals surface area (Å²) >= 11 is 0.652. The molecule has 2 unspecified atom stereocenters. The smallest absolute Gasteiger partial charge is 0.452 e. The minimum atomic E-state index is -4.92. The largest absolute Gasteiger partial charge is 0.480 e. The lowest BCUT2D eigenvalue weighted by Crippen LogP contribution is -2.44. The minimum Gasteiger partial charge on any atom is -0.480 e. The number of aliphatic carboxylic acids is 1. The SMILES string of the molecule is O=C(O)C1CSC(C(=O)C(F)(F)F)N1. The highest BCUT2D eigenvalue weighted by molar-refractivity contribution is 8.00. The summed E-state index contributed by atoms with van der Waals surface area (Å²) < 4.78 is 35.6. The van der Waals surface area contributed by atoms with Gasteiger partial charge in [0.2, 0.25) is 0 Å². The number of nitrogens with one attached hydrogen (secondary N) is 1. The quantitative estimate of drug-likeness (QED) is 0.709. The van der Waals surface area contributed by atoms with Crippen LogP contribution in [0.4, 0.5) is 13.2 Å². The molecule has 2 atom stereocenters. The van der Waals surface area contributed by atoms with Crippen LogP contribution in [-0.2, 0) is 9.59 Å². The number of rotatable bonds is 2. The maximum atomic E-state index is 11.9. The fourth-order valence-electron chi connectivity index (χ4n) is 0.914. The van der Waals surface area contributed by atoms with Crippen LogP contribution in [0.15, 0.2) is 0 Å². The average Bonchev–Trinajstić information content (AvgIpc) is 2.48. The Bertz CT molecular complexity index is 268. The van der Waals surface area contributed by atoms with Crippen LogP contribution in [0.5, 0.6) is 0 Å². The zero-order valence-electron chi connectivity index (χ0n) is 6.67. The highest BCUT2D eigenvalue weighted by atomic mass is 32.2. The van der Waals surface area contributed by atoms with Crippen molar-refractivity contribution in [3.63, 3.8) is 0 Å². The van der Waals surface area contributed by atoms with Crippen molar-refractivity contribution >= 4 is 23.5 Å². The number of hydrogen-bond donors (Lipinski definition) is 2. The maximum absolute atomic E-state index is 11.9. The van der Waals surface area contributed by atoms with Crippen LogP contribution in [-0.4, -0.2) is 40.2 Å². The molecule has 0 bridgehead atoms. The number of Topliss-reactive ketones (excluding diaryl/α,β-unsaturated/α-hetero) is 1. The average molecular weight is 229 g/mol. The Morgan fingerprint density at radius 3 is 2.36 bits per heavy atom. The molecule has 80 valence electrons. The van der Waals surface area contributed by atoms with E-state index in [2.05, 4.69) is 5.32 Å². The molecular formula is C6H6F3NO3S. The van der Waals surface area contributed by atoms with Crippen LogP contribution in [0.25, 0.3) is 0 Å². The molecule has 0 saturated carbocycles. The molecule has 1 aliphatic heterocycles. The standard InChI is InChI=1S/C6H6F3NO3S/c7-6(8,9)3(11)4-10-2(1-14-4)5(12)13/h2,4,10H,1H2,(H,12,13). The van der Waals surface area contributed by atoms with Crippen molar-refractivity contribution < 1.29 is 27.9 Å². The molecule has 2 N–H and O–H groups in total. The van der Waals surface area contributed by atoms with E-state index >= 15 is 0 Å². The van der Waals surface area contributed by atoms with E-state index < -0.39 is 29.3 Å². The fraction of sp³-hybridized carbons (Fsp3) is 0.667. The van der Waals surface area contributed by atoms with Gasteiger partial charge in [0.25, 0.3) is 5.78 Å². The predicted octanol–water partition coefficient (Wildman–Crippen LogP) is 0.233. The van der Waals surface area contributed by atoms with Crippen LogP contribution in [0.2, 0.25) is 0 Å². The number of halogens is 3. The zero-order chi connectivity index (χ0) is 10.9. The number of carboxylic acids is 1. The number of carboxylic acid groups (broad SMARTS) is 1. The summed E-state index contributed by atoms with van der Waals surface area (Å²) in [5.74, 6) is -3.23. The van der Waals surface area contributed by atoms with Crippen LogP contribution in [0.3, 0.4) is 0 Å². The summed E-state index contributed by atoms with van der Waals surface area (Å²) in [6.07, 6.45) is -4.92. The maximum Gasteiger partial charge on any atom is 0.452 e. The van der Waals surface area contributed by atoms with Gasteiger partial charge in [0.05, 0.1) is 0 Å². The molecule has 1 saturated heterocycles. The normalized spacial score (nSPS) is 27.6. The van der Waals surface area contributed by atoms with E-state index in [4.69, 9.17) is 5.11 Å². The van der Waals surface area contributed by atoms with Crippen molar-refractivity contribution in [2.24, 2.45) is 0 Å². The molecule has 0 spiro atoms. The van der Waals surface area contributed by atoms with Crippen molar-refractivity contribution in [1.82, 2.24) is 5.32 Å². The third kappa shape index (κ3) is 2.38. The number of hydrogen-bond acceptors (Lipinski definition) is 4. The Hall–Kier alpha value is -0.760. The van der Waals surface area contributed by atoms with Gasteiger partial charge in [-0.3, -0.25) is 14.9 Å². The molecule has 1 aliphatic rings. The molecule has 8 heteroatoms. The Morgan fingerprint density at radius 2 is 2.00 bits per heavy atom. The van der Waals surface area contributed by atoms with E-state index in [1.165, 1.54) is 0 Å². The van der Waals surface area contributed by atoms with E-state index in [0.29, 0.717) is 11.8 Å². The molecule has 0 radical (unpaired) electrons. The number of carbonyl (C=O) groups excluding carboxylic acids is 1. The van der Waals surface area contributed by atoms with Gasteiger partial charge < -0.3 is 5.11 Å². The third-order valence-electron chi connectivity index (χ3n) is 1.60. The van der Waals surface area contributed by atoms with Gasteiger partial charge in [0.1, 0.15) is 11.4 Å². The topological polar surface area (TPSA) is 66.4 Å². The highest BCUT2D eigenvalue weighted by Crippen LogP contribution is 2.27. The second kappa shape index (κ2) is 3.77. The first-order valence-electron chi connectivity index (χ1n) is 3.54. The molecule has 1 fully saturated rings. The molecule has 0 amide bonds. The van der Waals surface area contributed by atoms with E-state index in [0.717, 1.165) is 0 Å². The third-order valence-corrected chi connectivity index (χ3v) is 2.81.